The van der Waals surface area contributed by atoms with Gasteiger partial charge >= 0.3 is 0 Å². The van der Waals surface area contributed by atoms with Crippen LogP contribution < -0.4 is 10.2 Å². The van der Waals surface area contributed by atoms with Gasteiger partial charge in [-0.15, -0.1) is 0 Å². The number of anilines is 1. The third kappa shape index (κ3) is 3.47. The van der Waals surface area contributed by atoms with Crippen LogP contribution >= 0.6 is 0 Å². The van der Waals surface area contributed by atoms with E-state index < -0.39 is 0 Å². The van der Waals surface area contributed by atoms with Crippen molar-refractivity contribution in [3.63, 3.8) is 0 Å². The number of nitrogens with zero attached hydrogens (tertiary/aromatic N) is 1. The molecule has 106 valence electrons. The van der Waals surface area contributed by atoms with Crippen molar-refractivity contribution in [3.05, 3.63) is 29.6 Å². The van der Waals surface area contributed by atoms with E-state index in [2.05, 4.69) is 23.2 Å². The van der Waals surface area contributed by atoms with Gasteiger partial charge in [-0.3, -0.25) is 0 Å². The molecule has 1 saturated heterocycles. The Hall–Kier alpha value is -1.09. The summed E-state index contributed by atoms with van der Waals surface area (Å²) in [6.07, 6.45) is 3.72. The summed E-state index contributed by atoms with van der Waals surface area (Å²) in [5.74, 6) is 0.762. The second-order valence-corrected chi connectivity index (χ2v) is 5.36. The highest BCUT2D eigenvalue weighted by Gasteiger charge is 2.20. The van der Waals surface area contributed by atoms with Crippen LogP contribution in [0.1, 0.15) is 38.7 Å². The number of nitrogens with one attached hydrogen (secondary N) is 1. The van der Waals surface area contributed by atoms with Gasteiger partial charge < -0.3 is 10.2 Å². The van der Waals surface area contributed by atoms with Crippen LogP contribution in [-0.4, -0.2) is 19.6 Å². The highest BCUT2D eigenvalue weighted by molar-refractivity contribution is 5.54. The lowest BCUT2D eigenvalue weighted by molar-refractivity contribution is 0.394. The van der Waals surface area contributed by atoms with Gasteiger partial charge in [-0.1, -0.05) is 26.3 Å². The van der Waals surface area contributed by atoms with Crippen LogP contribution in [-0.2, 0) is 6.54 Å². The quantitative estimate of drug-likeness (QED) is 0.874. The summed E-state index contributed by atoms with van der Waals surface area (Å²) in [7, 11) is 0. The van der Waals surface area contributed by atoms with Crippen molar-refractivity contribution in [2.75, 3.05) is 24.5 Å². The van der Waals surface area contributed by atoms with Crippen molar-refractivity contribution in [1.82, 2.24) is 5.32 Å². The zero-order valence-corrected chi connectivity index (χ0v) is 12.1. The lowest BCUT2D eigenvalue weighted by Gasteiger charge is -2.34. The van der Waals surface area contributed by atoms with E-state index in [1.807, 2.05) is 13.0 Å². The lowest BCUT2D eigenvalue weighted by Crippen LogP contribution is -2.34. The molecule has 1 aliphatic heterocycles. The van der Waals surface area contributed by atoms with Crippen molar-refractivity contribution in [1.29, 1.82) is 0 Å². The first-order chi connectivity index (χ1) is 9.26. The predicted octanol–water partition coefficient (Wildman–Crippen LogP) is 3.56. The first-order valence-corrected chi connectivity index (χ1v) is 7.49. The van der Waals surface area contributed by atoms with E-state index in [4.69, 9.17) is 0 Å². The molecule has 0 unspecified atom stereocenters. The Balaban J connectivity index is 2.13. The molecule has 0 radical (unpaired) electrons. The molecule has 1 aliphatic rings. The molecule has 2 nitrogen and oxygen atoms in total. The molecule has 1 aromatic carbocycles. The van der Waals surface area contributed by atoms with Crippen LogP contribution in [0.4, 0.5) is 10.1 Å². The molecular formula is C16H25FN2. The molecule has 2 rings (SSSR count). The van der Waals surface area contributed by atoms with Crippen molar-refractivity contribution >= 4 is 5.69 Å². The summed E-state index contributed by atoms with van der Waals surface area (Å²) in [6.45, 7) is 7.91. The maximum absolute atomic E-state index is 14.0. The standard InChI is InChI=1S/C16H25FN2/c1-3-13-8-10-19(11-9-13)16-7-5-6-15(17)14(16)12-18-4-2/h5-7,13,18H,3-4,8-12H2,1-2H3. The van der Waals surface area contributed by atoms with Gasteiger partial charge in [-0.25, -0.2) is 4.39 Å². The highest BCUT2D eigenvalue weighted by Crippen LogP contribution is 2.28. The molecule has 0 spiro atoms. The molecule has 0 atom stereocenters. The third-order valence-corrected chi connectivity index (χ3v) is 4.18. The second kappa shape index (κ2) is 6.90. The zero-order chi connectivity index (χ0) is 13.7. The van der Waals surface area contributed by atoms with E-state index >= 15 is 0 Å². The largest absolute Gasteiger partial charge is 0.371 e. The maximum atomic E-state index is 14.0. The molecule has 19 heavy (non-hydrogen) atoms. The number of hydrogen-bond acceptors (Lipinski definition) is 2. The van der Waals surface area contributed by atoms with Crippen LogP contribution in [0.15, 0.2) is 18.2 Å². The fourth-order valence-electron chi connectivity index (χ4n) is 2.85. The van der Waals surface area contributed by atoms with E-state index in [-0.39, 0.29) is 5.82 Å². The Bertz CT molecular complexity index is 398. The minimum absolute atomic E-state index is 0.0870. The molecule has 0 aliphatic carbocycles. The average Bonchev–Trinajstić information content (AvgIpc) is 2.46. The molecule has 1 aromatic rings. The lowest BCUT2D eigenvalue weighted by atomic mass is 9.93. The average molecular weight is 264 g/mol. The van der Waals surface area contributed by atoms with Crippen LogP contribution in [0.25, 0.3) is 0 Å². The molecule has 1 fully saturated rings. The van der Waals surface area contributed by atoms with E-state index in [1.165, 1.54) is 19.3 Å². The summed E-state index contributed by atoms with van der Waals surface area (Å²) >= 11 is 0. The SMILES string of the molecule is CCNCc1c(F)cccc1N1CCC(CC)CC1. The Morgan fingerprint density at radius 1 is 1.26 bits per heavy atom. The molecule has 0 aromatic heterocycles. The number of piperidine rings is 1. The van der Waals surface area contributed by atoms with Gasteiger partial charge in [0.2, 0.25) is 0 Å². The first-order valence-electron chi connectivity index (χ1n) is 7.49. The van der Waals surface area contributed by atoms with E-state index in [9.17, 15) is 4.39 Å². The van der Waals surface area contributed by atoms with Gasteiger partial charge in [-0.2, -0.15) is 0 Å². The Morgan fingerprint density at radius 2 is 2.00 bits per heavy atom. The van der Waals surface area contributed by atoms with Crippen molar-refractivity contribution in [2.45, 2.75) is 39.7 Å². The third-order valence-electron chi connectivity index (χ3n) is 4.18. The van der Waals surface area contributed by atoms with E-state index in [1.54, 1.807) is 6.07 Å². The molecule has 0 amide bonds. The Morgan fingerprint density at radius 3 is 2.63 bits per heavy atom. The van der Waals surface area contributed by atoms with Crippen molar-refractivity contribution < 1.29 is 4.39 Å². The number of benzene rings is 1. The van der Waals surface area contributed by atoms with E-state index in [0.717, 1.165) is 36.8 Å². The summed E-state index contributed by atoms with van der Waals surface area (Å²) in [5, 5.41) is 3.24. The van der Waals surface area contributed by atoms with Crippen LogP contribution in [0.2, 0.25) is 0 Å². The first kappa shape index (κ1) is 14.3. The van der Waals surface area contributed by atoms with Crippen LogP contribution in [0, 0.1) is 11.7 Å². The van der Waals surface area contributed by atoms with Gasteiger partial charge in [0.1, 0.15) is 5.82 Å². The van der Waals surface area contributed by atoms with Crippen LogP contribution in [0.3, 0.4) is 0 Å². The van der Waals surface area contributed by atoms with Gasteiger partial charge in [0.25, 0.3) is 0 Å². The van der Waals surface area contributed by atoms with Crippen LogP contribution in [0.5, 0.6) is 0 Å². The number of hydrogen-bond donors (Lipinski definition) is 1. The fraction of sp³-hybridized carbons (Fsp3) is 0.625. The molecule has 0 bridgehead atoms. The van der Waals surface area contributed by atoms with Gasteiger partial charge in [0.15, 0.2) is 0 Å². The van der Waals surface area contributed by atoms with Gasteiger partial charge in [0, 0.05) is 30.9 Å². The summed E-state index contributed by atoms with van der Waals surface area (Å²) in [5.41, 5.74) is 1.90. The predicted molar refractivity (Wildman–Crippen MR) is 79.0 cm³/mol. The summed E-state index contributed by atoms with van der Waals surface area (Å²) < 4.78 is 14.0. The number of rotatable bonds is 5. The fourth-order valence-corrected chi connectivity index (χ4v) is 2.85. The normalized spacial score (nSPS) is 16.9. The topological polar surface area (TPSA) is 15.3 Å². The monoisotopic (exact) mass is 264 g/mol. The second-order valence-electron chi connectivity index (χ2n) is 5.36. The molecule has 1 heterocycles. The molecular weight excluding hydrogens is 239 g/mol. The smallest absolute Gasteiger partial charge is 0.129 e. The zero-order valence-electron chi connectivity index (χ0n) is 12.1. The van der Waals surface area contributed by atoms with Crippen molar-refractivity contribution in [2.24, 2.45) is 5.92 Å². The number of halogens is 1. The van der Waals surface area contributed by atoms with Crippen molar-refractivity contribution in [3.8, 4) is 0 Å². The molecule has 1 N–H and O–H groups in total. The Labute approximate surface area is 116 Å². The van der Waals surface area contributed by atoms with Gasteiger partial charge in [-0.05, 0) is 37.4 Å². The maximum Gasteiger partial charge on any atom is 0.129 e. The summed E-state index contributed by atoms with van der Waals surface area (Å²) in [6, 6.07) is 5.45. The highest BCUT2D eigenvalue weighted by atomic mass is 19.1. The van der Waals surface area contributed by atoms with Gasteiger partial charge in [0.05, 0.1) is 0 Å². The molecule has 0 saturated carbocycles. The Kier molecular flexibility index (Phi) is 5.20. The minimum Gasteiger partial charge on any atom is -0.371 e. The molecule has 3 heteroatoms. The summed E-state index contributed by atoms with van der Waals surface area (Å²) in [4.78, 5) is 2.35. The minimum atomic E-state index is -0.0870. The van der Waals surface area contributed by atoms with E-state index in [0.29, 0.717) is 6.54 Å².